The minimum absolute atomic E-state index is 0.0449. The van der Waals surface area contributed by atoms with E-state index in [4.69, 9.17) is 18.9 Å². The summed E-state index contributed by atoms with van der Waals surface area (Å²) in [6, 6.07) is 41.6. The lowest BCUT2D eigenvalue weighted by Crippen LogP contribution is -2.30. The first-order valence-electron chi connectivity index (χ1n) is 18.8. The summed E-state index contributed by atoms with van der Waals surface area (Å²) in [5, 5.41) is 25.6. The number of rotatable bonds is 13. The van der Waals surface area contributed by atoms with Crippen molar-refractivity contribution in [1.29, 1.82) is 0 Å². The summed E-state index contributed by atoms with van der Waals surface area (Å²) in [5.41, 5.74) is 5.46. The fraction of sp³-hybridized carbons (Fsp3) is 0.250. The lowest BCUT2D eigenvalue weighted by Gasteiger charge is -2.35. The van der Waals surface area contributed by atoms with Crippen molar-refractivity contribution in [3.05, 3.63) is 156 Å². The molecule has 8 nitrogen and oxygen atoms in total. The second-order valence-electron chi connectivity index (χ2n) is 15.4. The number of fused-ring (bicyclic) bond motifs is 7. The van der Waals surface area contributed by atoms with Crippen LogP contribution in [0, 0.1) is 5.41 Å². The van der Waals surface area contributed by atoms with Gasteiger partial charge in [0.15, 0.2) is 0 Å². The maximum Gasteiger partial charge on any atom is 0.333 e. The van der Waals surface area contributed by atoms with Crippen LogP contribution in [0.4, 0.5) is 0 Å². The normalized spacial score (nSPS) is 15.8. The number of hydrogen-bond acceptors (Lipinski definition) is 8. The number of ether oxygens (including phenoxy) is 4. The molecule has 0 aromatic heterocycles. The Kier molecular flexibility index (Phi) is 10.7. The molecule has 6 aromatic carbocycles. The average Bonchev–Trinajstić information content (AvgIpc) is 3.52. The van der Waals surface area contributed by atoms with Gasteiger partial charge >= 0.3 is 11.9 Å². The second kappa shape index (κ2) is 15.6. The lowest BCUT2D eigenvalue weighted by molar-refractivity contribution is -0.156. The van der Waals surface area contributed by atoms with Crippen molar-refractivity contribution in [2.24, 2.45) is 5.41 Å². The molecule has 0 amide bonds. The molecule has 8 heteroatoms. The molecule has 0 bridgehead atoms. The summed E-state index contributed by atoms with van der Waals surface area (Å²) in [6.45, 7) is 9.95. The minimum atomic E-state index is -1.02. The van der Waals surface area contributed by atoms with Crippen molar-refractivity contribution >= 4 is 33.5 Å². The van der Waals surface area contributed by atoms with Crippen LogP contribution in [0.5, 0.6) is 11.5 Å². The highest BCUT2D eigenvalue weighted by Crippen LogP contribution is 2.59. The summed E-state index contributed by atoms with van der Waals surface area (Å²) in [7, 11) is 0. The molecule has 0 saturated carbocycles. The van der Waals surface area contributed by atoms with Crippen LogP contribution in [0.2, 0.25) is 0 Å². The fourth-order valence-electron chi connectivity index (χ4n) is 7.43. The summed E-state index contributed by atoms with van der Waals surface area (Å²) in [5.74, 6) is 0.172. The second-order valence-corrected chi connectivity index (χ2v) is 15.4. The van der Waals surface area contributed by atoms with Gasteiger partial charge in [0, 0.05) is 5.57 Å². The van der Waals surface area contributed by atoms with Gasteiger partial charge in [-0.05, 0) is 107 Å². The molecular formula is C48H46O8. The van der Waals surface area contributed by atoms with Crippen LogP contribution in [0.3, 0.4) is 0 Å². The number of hydrogen-bond donors (Lipinski definition) is 2. The third-order valence-electron chi connectivity index (χ3n) is 10.1. The summed E-state index contributed by atoms with van der Waals surface area (Å²) >= 11 is 0. The van der Waals surface area contributed by atoms with Crippen molar-refractivity contribution in [3.8, 4) is 22.6 Å². The first kappa shape index (κ1) is 38.3. The van der Waals surface area contributed by atoms with Gasteiger partial charge in [-0.2, -0.15) is 0 Å². The Morgan fingerprint density at radius 1 is 0.643 bits per heavy atom. The van der Waals surface area contributed by atoms with Gasteiger partial charge in [-0.25, -0.2) is 4.79 Å². The van der Waals surface area contributed by atoms with E-state index < -0.39 is 29.0 Å². The van der Waals surface area contributed by atoms with E-state index in [0.29, 0.717) is 11.5 Å². The molecule has 7 rings (SSSR count). The Balaban J connectivity index is 1.29. The number of carbonyl (C=O) groups excluding carboxylic acids is 2. The van der Waals surface area contributed by atoms with Gasteiger partial charge in [0.05, 0.1) is 10.8 Å². The van der Waals surface area contributed by atoms with Crippen molar-refractivity contribution < 1.29 is 38.7 Å². The molecule has 0 aliphatic heterocycles. The molecule has 6 aromatic rings. The lowest BCUT2D eigenvalue weighted by atomic mass is 9.66. The number of benzene rings is 6. The fourth-order valence-corrected chi connectivity index (χ4v) is 7.43. The zero-order valence-electron chi connectivity index (χ0n) is 32.1. The third-order valence-corrected chi connectivity index (χ3v) is 10.1. The van der Waals surface area contributed by atoms with Gasteiger partial charge in [0.25, 0.3) is 0 Å². The molecule has 1 aliphatic carbocycles. The van der Waals surface area contributed by atoms with Crippen LogP contribution in [0.25, 0.3) is 32.7 Å². The Hall–Kier alpha value is -5.96. The highest BCUT2D eigenvalue weighted by atomic mass is 16.6. The van der Waals surface area contributed by atoms with E-state index >= 15 is 0 Å². The molecule has 1 aliphatic rings. The Bertz CT molecular complexity index is 2410. The topological polar surface area (TPSA) is 112 Å². The predicted molar refractivity (Wildman–Crippen MR) is 218 cm³/mol. The van der Waals surface area contributed by atoms with E-state index in [1.807, 2.05) is 24.3 Å². The first-order chi connectivity index (χ1) is 26.9. The standard InChI is InChI=1S/C48H46O8/c1-30(2)45(51)55-28-35(49)26-53-37-20-16-33(17-21-37)48(34-18-22-38(23-19-34)54-27-36(50)29-56-46(52)47(3,4)5)42-25-15-31-10-6-8-12-39(31)43(42)41-24-14-32-11-7-9-13-40(32)44(41)48/h6-25,35-36,49-50H,1,26-29H2,2-5H3. The summed E-state index contributed by atoms with van der Waals surface area (Å²) < 4.78 is 22.3. The van der Waals surface area contributed by atoms with Crippen LogP contribution in [0.15, 0.2) is 133 Å². The Morgan fingerprint density at radius 3 is 1.70 bits per heavy atom. The van der Waals surface area contributed by atoms with E-state index in [9.17, 15) is 19.8 Å². The van der Waals surface area contributed by atoms with Crippen LogP contribution in [-0.2, 0) is 24.5 Å². The molecule has 3 atom stereocenters. The number of carbonyl (C=O) groups is 2. The molecule has 0 radical (unpaired) electrons. The molecule has 0 saturated heterocycles. The van der Waals surface area contributed by atoms with E-state index in [2.05, 4.69) is 104 Å². The van der Waals surface area contributed by atoms with Crippen molar-refractivity contribution in [2.75, 3.05) is 26.4 Å². The zero-order valence-corrected chi connectivity index (χ0v) is 32.1. The van der Waals surface area contributed by atoms with Gasteiger partial charge in [-0.1, -0.05) is 104 Å². The SMILES string of the molecule is C=C(C)C(=O)OCC(O)COc1ccc(C2(c3ccc(OCC(O)COC(=O)C(C)(C)C)cc3)c3ccc4ccccc4c3-c3ccc4ccccc4c32)cc1. The van der Waals surface area contributed by atoms with E-state index in [-0.39, 0.29) is 38.0 Å². The number of aliphatic hydroxyl groups excluding tert-OH is 2. The van der Waals surface area contributed by atoms with Crippen LogP contribution in [0.1, 0.15) is 49.9 Å². The molecule has 0 fully saturated rings. The molecule has 0 heterocycles. The summed E-state index contributed by atoms with van der Waals surface area (Å²) in [6.07, 6.45) is -2.01. The highest BCUT2D eigenvalue weighted by molar-refractivity contribution is 6.08. The van der Waals surface area contributed by atoms with Gasteiger partial charge < -0.3 is 29.2 Å². The van der Waals surface area contributed by atoms with Gasteiger partial charge in [-0.15, -0.1) is 0 Å². The predicted octanol–water partition coefficient (Wildman–Crippen LogP) is 8.54. The Labute approximate surface area is 326 Å². The molecule has 56 heavy (non-hydrogen) atoms. The van der Waals surface area contributed by atoms with Crippen molar-refractivity contribution in [3.63, 3.8) is 0 Å². The van der Waals surface area contributed by atoms with Gasteiger partial charge in [0.2, 0.25) is 0 Å². The largest absolute Gasteiger partial charge is 0.491 e. The molecule has 3 unspecified atom stereocenters. The van der Waals surface area contributed by atoms with Crippen molar-refractivity contribution in [2.45, 2.75) is 45.3 Å². The maximum atomic E-state index is 12.2. The number of aliphatic hydroxyl groups is 2. The van der Waals surface area contributed by atoms with E-state index in [0.717, 1.165) is 49.4 Å². The minimum Gasteiger partial charge on any atom is -0.491 e. The smallest absolute Gasteiger partial charge is 0.333 e. The van der Waals surface area contributed by atoms with Gasteiger partial charge in [-0.3, -0.25) is 4.79 Å². The number of esters is 2. The van der Waals surface area contributed by atoms with Gasteiger partial charge in [0.1, 0.15) is 50.1 Å². The van der Waals surface area contributed by atoms with E-state index in [1.165, 1.54) is 5.56 Å². The molecular weight excluding hydrogens is 705 g/mol. The highest BCUT2D eigenvalue weighted by Gasteiger charge is 2.48. The Morgan fingerprint density at radius 2 is 1.14 bits per heavy atom. The summed E-state index contributed by atoms with van der Waals surface area (Å²) in [4.78, 5) is 24.0. The third kappa shape index (κ3) is 7.38. The molecule has 2 N–H and O–H groups in total. The van der Waals surface area contributed by atoms with Crippen LogP contribution in [-0.4, -0.2) is 60.8 Å². The maximum absolute atomic E-state index is 12.2. The average molecular weight is 751 g/mol. The quantitative estimate of drug-likeness (QED) is 0.0892. The first-order valence-corrected chi connectivity index (χ1v) is 18.8. The van der Waals surface area contributed by atoms with Crippen LogP contribution >= 0.6 is 0 Å². The van der Waals surface area contributed by atoms with Crippen molar-refractivity contribution in [1.82, 2.24) is 0 Å². The monoisotopic (exact) mass is 750 g/mol. The van der Waals surface area contributed by atoms with Crippen LogP contribution < -0.4 is 9.47 Å². The van der Waals surface area contributed by atoms with E-state index in [1.54, 1.807) is 27.7 Å². The zero-order chi connectivity index (χ0) is 39.6. The molecule has 286 valence electrons. The molecule has 0 spiro atoms.